The monoisotopic (exact) mass is 172 g/mol. The standard InChI is InChI=1S/C9H17NO2/c1-2-6-12-9(3-1)10-4-7-11-8-5-10/h9H,1-8H2/t9-/m1/s1/i3D/t3-,9-. The van der Waals surface area contributed by atoms with Gasteiger partial charge in [0.2, 0.25) is 0 Å². The van der Waals surface area contributed by atoms with Crippen LogP contribution in [0.25, 0.3) is 0 Å². The molecule has 2 rings (SSSR count). The van der Waals surface area contributed by atoms with Gasteiger partial charge in [-0.05, 0) is 19.2 Å². The van der Waals surface area contributed by atoms with E-state index in [4.69, 9.17) is 10.8 Å². The number of ether oxygens (including phenoxy) is 2. The first-order valence-electron chi connectivity index (χ1n) is 5.31. The lowest BCUT2D eigenvalue weighted by Gasteiger charge is -2.36. The summed E-state index contributed by atoms with van der Waals surface area (Å²) in [6, 6.07) is 0. The number of nitrogens with zero attached hydrogens (tertiary/aromatic N) is 1. The molecule has 0 unspecified atom stereocenters. The smallest absolute Gasteiger partial charge is 0.110 e. The molecule has 2 atom stereocenters. The molecule has 3 heteroatoms. The van der Waals surface area contributed by atoms with Crippen LogP contribution in [-0.2, 0) is 9.47 Å². The average Bonchev–Trinajstić information content (AvgIpc) is 2.20. The van der Waals surface area contributed by atoms with Crippen molar-refractivity contribution < 1.29 is 10.8 Å². The summed E-state index contributed by atoms with van der Waals surface area (Å²) >= 11 is 0. The van der Waals surface area contributed by atoms with E-state index in [9.17, 15) is 0 Å². The van der Waals surface area contributed by atoms with Gasteiger partial charge in [-0.15, -0.1) is 0 Å². The molecule has 0 aromatic rings. The van der Waals surface area contributed by atoms with Crippen LogP contribution in [0.3, 0.4) is 0 Å². The summed E-state index contributed by atoms with van der Waals surface area (Å²) in [5.41, 5.74) is 0. The first kappa shape index (κ1) is 7.30. The number of rotatable bonds is 1. The van der Waals surface area contributed by atoms with Crippen molar-refractivity contribution >= 4 is 0 Å². The third-order valence-corrected chi connectivity index (χ3v) is 2.41. The van der Waals surface area contributed by atoms with Crippen LogP contribution in [0, 0.1) is 0 Å². The van der Waals surface area contributed by atoms with Gasteiger partial charge in [0.25, 0.3) is 0 Å². The zero-order chi connectivity index (χ0) is 9.10. The second-order valence-electron chi connectivity index (χ2n) is 3.29. The molecule has 70 valence electrons. The zero-order valence-electron chi connectivity index (χ0n) is 8.37. The fraction of sp³-hybridized carbons (Fsp3) is 1.00. The van der Waals surface area contributed by atoms with E-state index in [1.165, 1.54) is 0 Å². The quantitative estimate of drug-likeness (QED) is 0.585. The van der Waals surface area contributed by atoms with Gasteiger partial charge in [-0.25, -0.2) is 0 Å². The van der Waals surface area contributed by atoms with Crippen molar-refractivity contribution in [3.05, 3.63) is 0 Å². The van der Waals surface area contributed by atoms with Gasteiger partial charge >= 0.3 is 0 Å². The molecule has 0 aliphatic carbocycles. The van der Waals surface area contributed by atoms with Crippen LogP contribution >= 0.6 is 0 Å². The molecule has 12 heavy (non-hydrogen) atoms. The number of hydrogen-bond acceptors (Lipinski definition) is 3. The molecular weight excluding hydrogens is 154 g/mol. The van der Waals surface area contributed by atoms with E-state index in [1.807, 2.05) is 0 Å². The minimum atomic E-state index is -0.0631. The molecule has 0 aromatic carbocycles. The summed E-state index contributed by atoms with van der Waals surface area (Å²) in [4.78, 5) is 2.24. The van der Waals surface area contributed by atoms with Gasteiger partial charge < -0.3 is 9.47 Å². The third-order valence-electron chi connectivity index (χ3n) is 2.41. The molecule has 0 bridgehead atoms. The highest BCUT2D eigenvalue weighted by molar-refractivity contribution is 4.69. The molecule has 0 spiro atoms. The Morgan fingerprint density at radius 1 is 1.17 bits per heavy atom. The maximum absolute atomic E-state index is 7.86. The summed E-state index contributed by atoms with van der Waals surface area (Å²) in [7, 11) is 0. The lowest BCUT2D eigenvalue weighted by Crippen LogP contribution is -2.46. The van der Waals surface area contributed by atoms with E-state index in [2.05, 4.69) is 4.90 Å². The lowest BCUT2D eigenvalue weighted by atomic mass is 10.1. The maximum Gasteiger partial charge on any atom is 0.110 e. The first-order chi connectivity index (χ1) is 6.38. The Labute approximate surface area is 75.0 Å². The van der Waals surface area contributed by atoms with Crippen molar-refractivity contribution in [1.82, 2.24) is 4.90 Å². The van der Waals surface area contributed by atoms with Crippen molar-refractivity contribution in [2.75, 3.05) is 32.9 Å². The molecule has 0 N–H and O–H groups in total. The Bertz CT molecular complexity index is 162. The second kappa shape index (κ2) is 4.21. The maximum atomic E-state index is 7.86. The van der Waals surface area contributed by atoms with E-state index < -0.39 is 0 Å². The summed E-state index contributed by atoms with van der Waals surface area (Å²) in [6.45, 7) is 4.22. The Hall–Kier alpha value is -0.120. The molecule has 2 heterocycles. The van der Waals surface area contributed by atoms with E-state index >= 15 is 0 Å². The van der Waals surface area contributed by atoms with Crippen molar-refractivity contribution in [2.45, 2.75) is 25.5 Å². The molecule has 0 saturated carbocycles. The van der Waals surface area contributed by atoms with Crippen molar-refractivity contribution in [1.29, 1.82) is 0 Å². The molecular formula is C9H17NO2. The van der Waals surface area contributed by atoms with Crippen molar-refractivity contribution in [3.8, 4) is 0 Å². The van der Waals surface area contributed by atoms with Crippen LogP contribution in [-0.4, -0.2) is 44.0 Å². The highest BCUT2D eigenvalue weighted by Gasteiger charge is 2.22. The third kappa shape index (κ3) is 1.97. The molecule has 2 aliphatic rings. The minimum absolute atomic E-state index is 0.0256. The van der Waals surface area contributed by atoms with Crippen LogP contribution in [0.4, 0.5) is 0 Å². The largest absolute Gasteiger partial charge is 0.379 e. The highest BCUT2D eigenvalue weighted by Crippen LogP contribution is 2.17. The van der Waals surface area contributed by atoms with Crippen LogP contribution in [0.2, 0.25) is 0 Å². The molecule has 2 saturated heterocycles. The Morgan fingerprint density at radius 2 is 2.00 bits per heavy atom. The van der Waals surface area contributed by atoms with Gasteiger partial charge in [-0.3, -0.25) is 4.90 Å². The van der Waals surface area contributed by atoms with E-state index in [-0.39, 0.29) is 12.6 Å². The second-order valence-corrected chi connectivity index (χ2v) is 3.29. The van der Waals surface area contributed by atoms with Crippen LogP contribution < -0.4 is 0 Å². The van der Waals surface area contributed by atoms with Gasteiger partial charge in [0.05, 0.1) is 13.2 Å². The van der Waals surface area contributed by atoms with Gasteiger partial charge in [0.15, 0.2) is 0 Å². The van der Waals surface area contributed by atoms with Crippen molar-refractivity contribution in [3.63, 3.8) is 0 Å². The SMILES string of the molecule is [2H][C@@H]1CCCO[C@H]1N1CCOCC1. The zero-order valence-corrected chi connectivity index (χ0v) is 7.37. The predicted octanol–water partition coefficient (Wildman–Crippen LogP) is 0.845. The van der Waals surface area contributed by atoms with Gasteiger partial charge in [0, 0.05) is 21.1 Å². The van der Waals surface area contributed by atoms with E-state index in [0.717, 1.165) is 45.8 Å². The summed E-state index contributed by atoms with van der Waals surface area (Å²) < 4.78 is 18.7. The van der Waals surface area contributed by atoms with Crippen LogP contribution in [0.5, 0.6) is 0 Å². The normalized spacial score (nSPS) is 40.8. The Kier molecular flexibility index (Phi) is 2.56. The Morgan fingerprint density at radius 3 is 2.75 bits per heavy atom. The molecule has 0 aromatic heterocycles. The van der Waals surface area contributed by atoms with Gasteiger partial charge in [-0.1, -0.05) is 0 Å². The summed E-state index contributed by atoms with van der Waals surface area (Å²) in [6.07, 6.45) is 1.97. The number of morpholine rings is 1. The van der Waals surface area contributed by atoms with E-state index in [0.29, 0.717) is 0 Å². The number of hydrogen-bond donors (Lipinski definition) is 0. The highest BCUT2D eigenvalue weighted by atomic mass is 16.5. The summed E-state index contributed by atoms with van der Waals surface area (Å²) in [5, 5.41) is 0. The molecule has 2 fully saturated rings. The first-order valence-corrected chi connectivity index (χ1v) is 4.73. The minimum Gasteiger partial charge on any atom is -0.379 e. The fourth-order valence-electron chi connectivity index (χ4n) is 1.70. The van der Waals surface area contributed by atoms with Gasteiger partial charge in [0.1, 0.15) is 6.23 Å². The molecule has 2 aliphatic heterocycles. The summed E-state index contributed by atoms with van der Waals surface area (Å²) in [5.74, 6) is 0. The van der Waals surface area contributed by atoms with Crippen LogP contribution in [0.15, 0.2) is 0 Å². The van der Waals surface area contributed by atoms with Gasteiger partial charge in [-0.2, -0.15) is 0 Å². The van der Waals surface area contributed by atoms with E-state index in [1.54, 1.807) is 0 Å². The molecule has 0 amide bonds. The van der Waals surface area contributed by atoms with Crippen LogP contribution in [0.1, 0.15) is 20.6 Å². The average molecular weight is 172 g/mol. The molecule has 0 radical (unpaired) electrons. The van der Waals surface area contributed by atoms with Crippen molar-refractivity contribution in [2.24, 2.45) is 0 Å². The lowest BCUT2D eigenvalue weighted by molar-refractivity contribution is -0.115. The Balaban J connectivity index is 1.88. The topological polar surface area (TPSA) is 21.7 Å². The molecule has 3 nitrogen and oxygen atoms in total. The fourth-order valence-corrected chi connectivity index (χ4v) is 1.70. The predicted molar refractivity (Wildman–Crippen MR) is 46.0 cm³/mol.